The van der Waals surface area contributed by atoms with E-state index in [2.05, 4.69) is 6.55 Å². The summed E-state index contributed by atoms with van der Waals surface area (Å²) in [5.74, 6) is 0. The van der Waals surface area contributed by atoms with Crippen molar-refractivity contribution < 1.29 is 0 Å². The van der Waals surface area contributed by atoms with E-state index in [1.165, 1.54) is 10.2 Å². The molecule has 0 aliphatic carbocycles. The fraction of sp³-hybridized carbons (Fsp3) is 1.00. The Morgan fingerprint density at radius 3 is 1.00 bits per heavy atom. The van der Waals surface area contributed by atoms with Gasteiger partial charge in [0.25, 0.3) is 0 Å². The SMILES string of the molecule is B.C[SiH3].N.N. The van der Waals surface area contributed by atoms with Gasteiger partial charge in [-0.15, -0.1) is 0 Å². The Morgan fingerprint density at radius 2 is 1.00 bits per heavy atom. The summed E-state index contributed by atoms with van der Waals surface area (Å²) in [6.45, 7) is 2.14. The number of hydrogen-bond acceptors (Lipinski definition) is 2. The van der Waals surface area contributed by atoms with Gasteiger partial charge in [-0.25, -0.2) is 0 Å². The van der Waals surface area contributed by atoms with Crippen LogP contribution < -0.4 is 12.3 Å². The molecule has 0 heterocycles. The van der Waals surface area contributed by atoms with Crippen molar-refractivity contribution in [3.8, 4) is 0 Å². The third-order valence-electron chi connectivity index (χ3n) is 0. The highest BCUT2D eigenvalue weighted by atomic mass is 28.1. The van der Waals surface area contributed by atoms with Crippen LogP contribution in [0.1, 0.15) is 0 Å². The molecule has 0 aromatic heterocycles. The van der Waals surface area contributed by atoms with E-state index in [0.717, 1.165) is 0 Å². The van der Waals surface area contributed by atoms with E-state index in [1.54, 1.807) is 0 Å². The zero-order valence-electron chi connectivity index (χ0n) is 3.41. The van der Waals surface area contributed by atoms with Gasteiger partial charge in [0.1, 0.15) is 0 Å². The van der Waals surface area contributed by atoms with Crippen LogP contribution in [0.15, 0.2) is 0 Å². The maximum Gasteiger partial charge on any atom is 0.0814 e. The molecule has 5 heavy (non-hydrogen) atoms. The van der Waals surface area contributed by atoms with Crippen LogP contribution in [0.2, 0.25) is 6.55 Å². The van der Waals surface area contributed by atoms with Crippen LogP contribution in [0.4, 0.5) is 0 Å². The highest BCUT2D eigenvalue weighted by Gasteiger charge is 0.962. The van der Waals surface area contributed by atoms with Crippen LogP contribution in [0.5, 0.6) is 0 Å². The van der Waals surface area contributed by atoms with Crippen molar-refractivity contribution in [1.29, 1.82) is 0 Å². The Hall–Kier alpha value is 0.202. The zero-order valence-corrected chi connectivity index (χ0v) is 5.41. The largest absolute Gasteiger partial charge is 0.344 e. The van der Waals surface area contributed by atoms with Crippen LogP contribution in [0.25, 0.3) is 0 Å². The first kappa shape index (κ1) is 63.6. The summed E-state index contributed by atoms with van der Waals surface area (Å²) in [6.07, 6.45) is 0. The summed E-state index contributed by atoms with van der Waals surface area (Å²) >= 11 is 0. The molecule has 0 saturated heterocycles. The van der Waals surface area contributed by atoms with Crippen molar-refractivity contribution in [3.63, 3.8) is 0 Å². The molecule has 36 valence electrons. The van der Waals surface area contributed by atoms with E-state index in [4.69, 9.17) is 0 Å². The Kier molecular flexibility index (Phi) is 13400. The second-order valence-corrected chi connectivity index (χ2v) is 0. The average Bonchev–Trinajstić information content (AvgIpc) is 1.00. The smallest absolute Gasteiger partial charge is 0.0814 e. The van der Waals surface area contributed by atoms with Gasteiger partial charge in [0.05, 0.1) is 8.41 Å². The molecule has 0 bridgehead atoms. The molecule has 0 saturated carbocycles. The molecule has 0 rings (SSSR count). The Labute approximate surface area is 38.5 Å². The van der Waals surface area contributed by atoms with Gasteiger partial charge < -0.3 is 12.3 Å². The van der Waals surface area contributed by atoms with Crippen LogP contribution >= 0.6 is 0 Å². The van der Waals surface area contributed by atoms with Crippen molar-refractivity contribution in [3.05, 3.63) is 0 Å². The van der Waals surface area contributed by atoms with Gasteiger partial charge in [-0.05, 0) is 10.2 Å². The molecule has 0 aliphatic heterocycles. The summed E-state index contributed by atoms with van der Waals surface area (Å²) in [7, 11) is 1.31. The molecule has 0 atom stereocenters. The molecule has 0 amide bonds. The first-order valence-corrected chi connectivity index (χ1v) is 3.00. The summed E-state index contributed by atoms with van der Waals surface area (Å²) in [6, 6.07) is 0. The van der Waals surface area contributed by atoms with Crippen molar-refractivity contribution in [2.24, 2.45) is 0 Å². The van der Waals surface area contributed by atoms with Gasteiger partial charge >= 0.3 is 0 Å². The number of rotatable bonds is 0. The fourth-order valence-corrected chi connectivity index (χ4v) is 0. The molecule has 6 N–H and O–H groups in total. The minimum atomic E-state index is 0. The molecule has 2 nitrogen and oxygen atoms in total. The predicted octanol–water partition coefficient (Wildman–Crippen LogP) is -1.46. The van der Waals surface area contributed by atoms with Crippen LogP contribution in [0.3, 0.4) is 0 Å². The third kappa shape index (κ3) is 500. The van der Waals surface area contributed by atoms with Crippen molar-refractivity contribution in [2.75, 3.05) is 0 Å². The quantitative estimate of drug-likeness (QED) is 0.360. The van der Waals surface area contributed by atoms with E-state index in [9.17, 15) is 0 Å². The van der Waals surface area contributed by atoms with Gasteiger partial charge in [-0.3, -0.25) is 0 Å². The summed E-state index contributed by atoms with van der Waals surface area (Å²) in [4.78, 5) is 0. The van der Waals surface area contributed by atoms with E-state index >= 15 is 0 Å². The molecule has 0 aliphatic rings. The highest BCUT2D eigenvalue weighted by molar-refractivity contribution is 6.05. The molecule has 0 spiro atoms. The lowest BCUT2D eigenvalue weighted by molar-refractivity contribution is 2.13. The van der Waals surface area contributed by atoms with Crippen molar-refractivity contribution >= 4 is 18.7 Å². The molecule has 0 unspecified atom stereocenters. The molecular weight excluding hydrogens is 78.9 g/mol. The normalized spacial score (nSPS) is 1.80. The minimum absolute atomic E-state index is 0. The first-order chi connectivity index (χ1) is 1.00. The lowest BCUT2D eigenvalue weighted by Crippen LogP contribution is -1.13. The highest BCUT2D eigenvalue weighted by Crippen LogP contribution is 0.960. The first-order valence-electron chi connectivity index (χ1n) is 1.00. The topological polar surface area (TPSA) is 70.0 Å². The maximum absolute atomic E-state index is 2.14. The van der Waals surface area contributed by atoms with Crippen molar-refractivity contribution in [2.45, 2.75) is 6.55 Å². The van der Waals surface area contributed by atoms with Gasteiger partial charge in [-0.1, -0.05) is 6.55 Å². The second-order valence-electron chi connectivity index (χ2n) is 0. The lowest BCUT2D eigenvalue weighted by Gasteiger charge is -1.04. The molecule has 0 aromatic rings. The Morgan fingerprint density at radius 1 is 1.00 bits per heavy atom. The van der Waals surface area contributed by atoms with Gasteiger partial charge in [0.2, 0.25) is 0 Å². The second kappa shape index (κ2) is 1060. The monoisotopic (exact) mass is 94.1 g/mol. The molecule has 0 aromatic carbocycles. The van der Waals surface area contributed by atoms with Crippen LogP contribution in [-0.2, 0) is 0 Å². The maximum atomic E-state index is 2.14. The number of hydrogen-bond donors (Lipinski definition) is 2. The van der Waals surface area contributed by atoms with Gasteiger partial charge in [0.15, 0.2) is 0 Å². The van der Waals surface area contributed by atoms with E-state index in [0.29, 0.717) is 0 Å². The van der Waals surface area contributed by atoms with Crippen LogP contribution in [-0.4, -0.2) is 18.7 Å². The van der Waals surface area contributed by atoms with Gasteiger partial charge in [-0.2, -0.15) is 0 Å². The van der Waals surface area contributed by atoms with Gasteiger partial charge in [0, 0.05) is 0 Å². The van der Waals surface area contributed by atoms with E-state index in [1.807, 2.05) is 0 Å². The molecule has 4 heteroatoms. The summed E-state index contributed by atoms with van der Waals surface area (Å²) in [5, 5.41) is 0. The molecule has 0 fully saturated rings. The molecular formula is CH15BN2Si. The predicted molar refractivity (Wildman–Crippen MR) is 35.8 cm³/mol. The van der Waals surface area contributed by atoms with E-state index in [-0.39, 0.29) is 20.7 Å². The lowest BCUT2D eigenvalue weighted by atomic mass is 10.8. The third-order valence-corrected chi connectivity index (χ3v) is 0. The molecule has 0 radical (unpaired) electrons. The Balaban J connectivity index is -0.00000000167. The standard InChI is InChI=1S/CH6Si.BH3.2H3N/c1-2;;;/h1-2H3;3*1H3. The summed E-state index contributed by atoms with van der Waals surface area (Å²) in [5.41, 5.74) is 0. The fourth-order valence-electron chi connectivity index (χ4n) is 0. The van der Waals surface area contributed by atoms with E-state index < -0.39 is 0 Å². The average molecular weight is 94.0 g/mol. The van der Waals surface area contributed by atoms with Crippen molar-refractivity contribution in [1.82, 2.24) is 12.3 Å². The minimum Gasteiger partial charge on any atom is -0.344 e. The van der Waals surface area contributed by atoms with Crippen LogP contribution in [0, 0.1) is 0 Å². The Bertz CT molecular complexity index is 9.61. The zero-order chi connectivity index (χ0) is 2.00. The summed E-state index contributed by atoms with van der Waals surface area (Å²) < 4.78 is 0.